The third kappa shape index (κ3) is 1.95. The van der Waals surface area contributed by atoms with Crippen LogP contribution >= 0.6 is 0 Å². The highest BCUT2D eigenvalue weighted by atomic mass is 16.1. The molecule has 0 bridgehead atoms. The van der Waals surface area contributed by atoms with E-state index in [1.54, 1.807) is 23.3 Å². The molecule has 2 heterocycles. The van der Waals surface area contributed by atoms with Crippen LogP contribution in [0.2, 0.25) is 0 Å². The van der Waals surface area contributed by atoms with E-state index >= 15 is 0 Å². The van der Waals surface area contributed by atoms with Crippen molar-refractivity contribution < 1.29 is 4.79 Å². The van der Waals surface area contributed by atoms with E-state index in [0.29, 0.717) is 11.4 Å². The molecular formula is C12H14N4O. The Morgan fingerprint density at radius 3 is 2.65 bits per heavy atom. The lowest BCUT2D eigenvalue weighted by molar-refractivity contribution is 0.112. The Labute approximate surface area is 99.5 Å². The molecule has 2 aromatic rings. The van der Waals surface area contributed by atoms with Gasteiger partial charge in [-0.25, -0.2) is 9.67 Å². The summed E-state index contributed by atoms with van der Waals surface area (Å²) in [5.41, 5.74) is 2.38. The Hall–Kier alpha value is -2.04. The Morgan fingerprint density at radius 1 is 1.29 bits per heavy atom. The van der Waals surface area contributed by atoms with Crippen LogP contribution in [0.25, 0.3) is 5.82 Å². The zero-order valence-electron chi connectivity index (χ0n) is 9.92. The van der Waals surface area contributed by atoms with Gasteiger partial charge in [-0.3, -0.25) is 9.78 Å². The van der Waals surface area contributed by atoms with Crippen molar-refractivity contribution in [3.05, 3.63) is 35.5 Å². The quantitative estimate of drug-likeness (QED) is 0.748. The molecule has 0 spiro atoms. The third-order valence-electron chi connectivity index (χ3n) is 2.65. The zero-order chi connectivity index (χ0) is 12.3. The monoisotopic (exact) mass is 230 g/mol. The molecule has 0 amide bonds. The Morgan fingerprint density at radius 2 is 2.12 bits per heavy atom. The minimum absolute atomic E-state index is 0.646. The molecule has 88 valence electrons. The average molecular weight is 230 g/mol. The Bertz CT molecular complexity index is 519. The minimum atomic E-state index is 0.646. The molecule has 0 saturated carbocycles. The molecule has 0 fully saturated rings. The fourth-order valence-electron chi connectivity index (χ4n) is 1.84. The number of hydrogen-bond donors (Lipinski definition) is 0. The van der Waals surface area contributed by atoms with Crippen LogP contribution in [0.3, 0.4) is 0 Å². The highest BCUT2D eigenvalue weighted by Gasteiger charge is 2.16. The number of nitrogens with zero attached hydrogens (tertiary/aromatic N) is 4. The average Bonchev–Trinajstić information content (AvgIpc) is 2.77. The molecule has 17 heavy (non-hydrogen) atoms. The maximum atomic E-state index is 11.1. The van der Waals surface area contributed by atoms with Gasteiger partial charge in [-0.1, -0.05) is 13.8 Å². The molecule has 5 nitrogen and oxygen atoms in total. The maximum Gasteiger partial charge on any atom is 0.172 e. The summed E-state index contributed by atoms with van der Waals surface area (Å²) < 4.78 is 1.70. The van der Waals surface area contributed by atoms with Crippen molar-refractivity contribution in [1.29, 1.82) is 0 Å². The molecule has 0 unspecified atom stereocenters. The van der Waals surface area contributed by atoms with Gasteiger partial charge in [0, 0.05) is 12.4 Å². The van der Waals surface area contributed by atoms with Gasteiger partial charge in [-0.05, 0) is 12.8 Å². The normalized spacial score (nSPS) is 10.5. The second-order valence-corrected chi connectivity index (χ2v) is 3.61. The van der Waals surface area contributed by atoms with Crippen LogP contribution in [0.1, 0.15) is 35.6 Å². The first-order valence-corrected chi connectivity index (χ1v) is 5.64. The summed E-state index contributed by atoms with van der Waals surface area (Å²) in [5.74, 6) is 0.646. The summed E-state index contributed by atoms with van der Waals surface area (Å²) in [5, 5.41) is 4.42. The number of aryl methyl sites for hydroxylation is 1. The highest BCUT2D eigenvalue weighted by molar-refractivity contribution is 5.78. The van der Waals surface area contributed by atoms with Crippen molar-refractivity contribution in [1.82, 2.24) is 19.7 Å². The molecule has 0 aliphatic rings. The SMILES string of the molecule is CCc1nn(-c2cnccn2)c(CC)c1C=O. The number of hydrogen-bond acceptors (Lipinski definition) is 4. The topological polar surface area (TPSA) is 60.7 Å². The Balaban J connectivity index is 2.62. The van der Waals surface area contributed by atoms with Gasteiger partial charge in [0.25, 0.3) is 0 Å². The molecular weight excluding hydrogens is 216 g/mol. The molecule has 0 atom stereocenters. The van der Waals surface area contributed by atoms with Crippen molar-refractivity contribution in [3.63, 3.8) is 0 Å². The van der Waals surface area contributed by atoms with Crippen molar-refractivity contribution in [3.8, 4) is 5.82 Å². The summed E-state index contributed by atoms with van der Waals surface area (Å²) >= 11 is 0. The van der Waals surface area contributed by atoms with Crippen LogP contribution in [-0.4, -0.2) is 26.0 Å². The van der Waals surface area contributed by atoms with Crippen LogP contribution < -0.4 is 0 Å². The number of aldehydes is 1. The van der Waals surface area contributed by atoms with E-state index in [1.165, 1.54) is 0 Å². The Kier molecular flexibility index (Phi) is 3.27. The summed E-state index contributed by atoms with van der Waals surface area (Å²) in [6, 6.07) is 0. The van der Waals surface area contributed by atoms with E-state index in [2.05, 4.69) is 15.1 Å². The van der Waals surface area contributed by atoms with Gasteiger partial charge < -0.3 is 0 Å². The first-order valence-electron chi connectivity index (χ1n) is 5.64. The molecule has 2 rings (SSSR count). The van der Waals surface area contributed by atoms with E-state index in [-0.39, 0.29) is 0 Å². The number of aromatic nitrogens is 4. The van der Waals surface area contributed by atoms with E-state index < -0.39 is 0 Å². The molecule has 2 aromatic heterocycles. The highest BCUT2D eigenvalue weighted by Crippen LogP contribution is 2.17. The fourth-order valence-corrected chi connectivity index (χ4v) is 1.84. The second kappa shape index (κ2) is 4.86. The maximum absolute atomic E-state index is 11.1. The predicted octanol–water partition coefficient (Wildman–Crippen LogP) is 1.60. The summed E-state index contributed by atoms with van der Waals surface area (Å²) in [7, 11) is 0. The van der Waals surface area contributed by atoms with Crippen molar-refractivity contribution >= 4 is 6.29 Å². The van der Waals surface area contributed by atoms with Crippen LogP contribution in [0.5, 0.6) is 0 Å². The first kappa shape index (κ1) is 11.4. The molecule has 5 heteroatoms. The fraction of sp³-hybridized carbons (Fsp3) is 0.333. The first-order chi connectivity index (χ1) is 8.31. The molecule has 0 saturated heterocycles. The van der Waals surface area contributed by atoms with Gasteiger partial charge in [-0.2, -0.15) is 5.10 Å². The van der Waals surface area contributed by atoms with Crippen molar-refractivity contribution in [2.75, 3.05) is 0 Å². The molecule has 0 aliphatic carbocycles. The largest absolute Gasteiger partial charge is 0.298 e. The van der Waals surface area contributed by atoms with E-state index in [1.807, 2.05) is 13.8 Å². The van der Waals surface area contributed by atoms with Gasteiger partial charge >= 0.3 is 0 Å². The van der Waals surface area contributed by atoms with E-state index in [0.717, 1.165) is 30.5 Å². The molecule has 0 N–H and O–H groups in total. The third-order valence-corrected chi connectivity index (χ3v) is 2.65. The smallest absolute Gasteiger partial charge is 0.172 e. The van der Waals surface area contributed by atoms with Crippen LogP contribution in [0.15, 0.2) is 18.6 Å². The van der Waals surface area contributed by atoms with Gasteiger partial charge in [0.05, 0.1) is 23.1 Å². The van der Waals surface area contributed by atoms with Gasteiger partial charge in [-0.15, -0.1) is 0 Å². The van der Waals surface area contributed by atoms with Crippen molar-refractivity contribution in [2.24, 2.45) is 0 Å². The van der Waals surface area contributed by atoms with E-state index in [9.17, 15) is 4.79 Å². The van der Waals surface area contributed by atoms with Crippen LogP contribution in [0, 0.1) is 0 Å². The lowest BCUT2D eigenvalue weighted by Gasteiger charge is -2.03. The lowest BCUT2D eigenvalue weighted by Crippen LogP contribution is -2.04. The number of carbonyl (C=O) groups excluding carboxylic acids is 1. The standard InChI is InChI=1S/C12H14N4O/c1-3-10-9(8-17)11(4-2)16(15-10)12-7-13-5-6-14-12/h5-8H,3-4H2,1-2H3. The number of carbonyl (C=O) groups is 1. The van der Waals surface area contributed by atoms with E-state index in [4.69, 9.17) is 0 Å². The summed E-state index contributed by atoms with van der Waals surface area (Å²) in [6.07, 6.45) is 7.20. The summed E-state index contributed by atoms with van der Waals surface area (Å²) in [6.45, 7) is 3.98. The predicted molar refractivity (Wildman–Crippen MR) is 63.3 cm³/mol. The zero-order valence-corrected chi connectivity index (χ0v) is 9.92. The van der Waals surface area contributed by atoms with Gasteiger partial charge in [0.15, 0.2) is 12.1 Å². The lowest BCUT2D eigenvalue weighted by atomic mass is 10.1. The van der Waals surface area contributed by atoms with Crippen LogP contribution in [-0.2, 0) is 12.8 Å². The molecule has 0 aliphatic heterocycles. The minimum Gasteiger partial charge on any atom is -0.298 e. The van der Waals surface area contributed by atoms with Crippen LogP contribution in [0.4, 0.5) is 0 Å². The second-order valence-electron chi connectivity index (χ2n) is 3.61. The summed E-state index contributed by atoms with van der Waals surface area (Å²) in [4.78, 5) is 19.3. The molecule has 0 radical (unpaired) electrons. The number of rotatable bonds is 4. The molecule has 0 aromatic carbocycles. The van der Waals surface area contributed by atoms with Gasteiger partial charge in [0.1, 0.15) is 0 Å². The van der Waals surface area contributed by atoms with Crippen molar-refractivity contribution in [2.45, 2.75) is 26.7 Å². The van der Waals surface area contributed by atoms with Gasteiger partial charge in [0.2, 0.25) is 0 Å².